The van der Waals surface area contributed by atoms with Gasteiger partial charge in [-0.05, 0) is 55.2 Å². The van der Waals surface area contributed by atoms with Crippen LogP contribution >= 0.6 is 11.6 Å². The molecule has 0 aliphatic carbocycles. The fraction of sp³-hybridized carbons (Fsp3) is 0.381. The molecule has 0 heterocycles. The van der Waals surface area contributed by atoms with E-state index >= 15 is 0 Å². The third kappa shape index (κ3) is 6.37. The molecule has 2 aromatic rings. The van der Waals surface area contributed by atoms with Crippen LogP contribution in [-0.4, -0.2) is 23.9 Å². The van der Waals surface area contributed by atoms with Gasteiger partial charge < -0.3 is 15.2 Å². The number of nitrogens with one attached hydrogen (secondary N) is 1. The molecule has 0 aromatic heterocycles. The third-order valence-corrected chi connectivity index (χ3v) is 4.75. The van der Waals surface area contributed by atoms with Crippen molar-refractivity contribution in [2.45, 2.75) is 44.9 Å². The van der Waals surface area contributed by atoms with Gasteiger partial charge in [0.1, 0.15) is 0 Å². The Kier molecular flexibility index (Phi) is 7.93. The maximum atomic E-state index is 13.6. The molecular formula is C21H23ClF3NO3. The van der Waals surface area contributed by atoms with Gasteiger partial charge in [0.2, 0.25) is 0 Å². The summed E-state index contributed by atoms with van der Waals surface area (Å²) < 4.78 is 45.8. The van der Waals surface area contributed by atoms with Gasteiger partial charge in [-0.3, -0.25) is 4.79 Å². The molecule has 0 spiro atoms. The molecule has 2 aromatic carbocycles. The summed E-state index contributed by atoms with van der Waals surface area (Å²) in [7, 11) is 0. The van der Waals surface area contributed by atoms with Crippen LogP contribution in [0.25, 0.3) is 0 Å². The first kappa shape index (κ1) is 23.0. The summed E-state index contributed by atoms with van der Waals surface area (Å²) in [5.74, 6) is -1.28. The van der Waals surface area contributed by atoms with E-state index in [9.17, 15) is 18.0 Å². The van der Waals surface area contributed by atoms with Gasteiger partial charge >= 0.3 is 12.1 Å². The Balaban J connectivity index is 2.53. The van der Waals surface area contributed by atoms with Crippen LogP contribution in [0.3, 0.4) is 0 Å². The first-order chi connectivity index (χ1) is 13.7. The number of alkyl halides is 3. The van der Waals surface area contributed by atoms with Gasteiger partial charge in [0, 0.05) is 28.6 Å². The Labute approximate surface area is 172 Å². The number of carboxylic acids is 1. The van der Waals surface area contributed by atoms with Crippen LogP contribution in [-0.2, 0) is 9.53 Å². The Bertz CT molecular complexity index is 825. The molecule has 1 unspecified atom stereocenters. The molecule has 8 heteroatoms. The molecule has 0 fully saturated rings. The Morgan fingerprint density at radius 3 is 2.34 bits per heavy atom. The van der Waals surface area contributed by atoms with Crippen LogP contribution in [0, 0.1) is 0 Å². The number of benzene rings is 2. The van der Waals surface area contributed by atoms with Crippen molar-refractivity contribution < 1.29 is 27.8 Å². The molecular weight excluding hydrogens is 407 g/mol. The molecule has 0 aliphatic heterocycles. The number of halogens is 4. The zero-order valence-corrected chi connectivity index (χ0v) is 16.8. The monoisotopic (exact) mass is 429 g/mol. The van der Waals surface area contributed by atoms with Crippen molar-refractivity contribution >= 4 is 28.9 Å². The van der Waals surface area contributed by atoms with Gasteiger partial charge in [0.25, 0.3) is 0 Å². The lowest BCUT2D eigenvalue weighted by Gasteiger charge is -2.25. The average molecular weight is 430 g/mol. The maximum absolute atomic E-state index is 13.6. The highest BCUT2D eigenvalue weighted by molar-refractivity contribution is 6.30. The molecule has 0 amide bonds. The number of carbonyl (C=O) groups is 1. The van der Waals surface area contributed by atoms with Gasteiger partial charge in [-0.25, -0.2) is 0 Å². The van der Waals surface area contributed by atoms with Gasteiger partial charge in [-0.2, -0.15) is 13.2 Å². The molecule has 2 atom stereocenters. The predicted molar refractivity (Wildman–Crippen MR) is 107 cm³/mol. The van der Waals surface area contributed by atoms with Crippen molar-refractivity contribution in [3.05, 3.63) is 58.6 Å². The molecule has 0 saturated heterocycles. The van der Waals surface area contributed by atoms with Gasteiger partial charge in [0.15, 0.2) is 6.10 Å². The van der Waals surface area contributed by atoms with E-state index in [-0.39, 0.29) is 30.2 Å². The Hall–Kier alpha value is -2.25. The molecule has 0 bridgehead atoms. The quantitative estimate of drug-likeness (QED) is 0.466. The SMILES string of the molecule is CCO[C@@H](c1ccc(C(CC)CC(=O)O)cc1Nc1ccc(Cl)cc1)C(F)(F)F. The largest absolute Gasteiger partial charge is 0.481 e. The van der Waals surface area contributed by atoms with E-state index in [0.29, 0.717) is 22.7 Å². The second-order valence-corrected chi connectivity index (χ2v) is 7.00. The third-order valence-electron chi connectivity index (χ3n) is 4.50. The van der Waals surface area contributed by atoms with Crippen LogP contribution in [0.2, 0.25) is 5.02 Å². The normalized spacial score (nSPS) is 13.7. The van der Waals surface area contributed by atoms with E-state index in [0.717, 1.165) is 0 Å². The highest BCUT2D eigenvalue weighted by atomic mass is 35.5. The predicted octanol–water partition coefficient (Wildman–Crippen LogP) is 6.69. The molecule has 29 heavy (non-hydrogen) atoms. The summed E-state index contributed by atoms with van der Waals surface area (Å²) in [6.07, 6.45) is -6.26. The lowest BCUT2D eigenvalue weighted by Crippen LogP contribution is -2.24. The number of aliphatic carboxylic acids is 1. The van der Waals surface area contributed by atoms with E-state index in [1.807, 2.05) is 6.92 Å². The van der Waals surface area contributed by atoms with Crippen LogP contribution in [0.15, 0.2) is 42.5 Å². The number of anilines is 2. The van der Waals surface area contributed by atoms with E-state index in [2.05, 4.69) is 5.32 Å². The number of ether oxygens (including phenoxy) is 1. The van der Waals surface area contributed by atoms with Crippen molar-refractivity contribution in [2.24, 2.45) is 0 Å². The fourth-order valence-corrected chi connectivity index (χ4v) is 3.22. The minimum atomic E-state index is -4.60. The van der Waals surface area contributed by atoms with Crippen LogP contribution in [0.4, 0.5) is 24.5 Å². The van der Waals surface area contributed by atoms with Crippen molar-refractivity contribution in [1.82, 2.24) is 0 Å². The highest BCUT2D eigenvalue weighted by Gasteiger charge is 2.43. The summed E-state index contributed by atoms with van der Waals surface area (Å²) in [6.45, 7) is 3.23. The van der Waals surface area contributed by atoms with E-state index < -0.39 is 18.2 Å². The Morgan fingerprint density at radius 1 is 1.17 bits per heavy atom. The van der Waals surface area contributed by atoms with E-state index in [1.165, 1.54) is 19.1 Å². The smallest absolute Gasteiger partial charge is 0.418 e. The summed E-state index contributed by atoms with van der Waals surface area (Å²) in [6, 6.07) is 11.0. The summed E-state index contributed by atoms with van der Waals surface area (Å²) >= 11 is 5.88. The number of carboxylic acid groups (broad SMARTS) is 1. The molecule has 2 N–H and O–H groups in total. The Morgan fingerprint density at radius 2 is 1.83 bits per heavy atom. The van der Waals surface area contributed by atoms with Gasteiger partial charge in [-0.15, -0.1) is 0 Å². The molecule has 0 aliphatic rings. The zero-order chi connectivity index (χ0) is 21.6. The highest BCUT2D eigenvalue weighted by Crippen LogP contribution is 2.41. The molecule has 0 saturated carbocycles. The van der Waals surface area contributed by atoms with Crippen molar-refractivity contribution in [3.63, 3.8) is 0 Å². The number of rotatable bonds is 9. The lowest BCUT2D eigenvalue weighted by molar-refractivity contribution is -0.222. The van der Waals surface area contributed by atoms with E-state index in [4.69, 9.17) is 21.4 Å². The topological polar surface area (TPSA) is 58.6 Å². The maximum Gasteiger partial charge on any atom is 0.418 e. The summed E-state index contributed by atoms with van der Waals surface area (Å²) in [5, 5.41) is 12.6. The first-order valence-electron chi connectivity index (χ1n) is 9.22. The van der Waals surface area contributed by atoms with E-state index in [1.54, 1.807) is 30.3 Å². The molecule has 4 nitrogen and oxygen atoms in total. The summed E-state index contributed by atoms with van der Waals surface area (Å²) in [5.41, 5.74) is 1.34. The van der Waals surface area contributed by atoms with Crippen molar-refractivity contribution in [3.8, 4) is 0 Å². The van der Waals surface area contributed by atoms with Gasteiger partial charge in [0.05, 0.1) is 6.42 Å². The summed E-state index contributed by atoms with van der Waals surface area (Å²) in [4.78, 5) is 11.1. The van der Waals surface area contributed by atoms with Crippen LogP contribution in [0.1, 0.15) is 49.8 Å². The van der Waals surface area contributed by atoms with Crippen LogP contribution < -0.4 is 5.32 Å². The average Bonchev–Trinajstić information content (AvgIpc) is 2.65. The lowest BCUT2D eigenvalue weighted by atomic mass is 9.91. The van der Waals surface area contributed by atoms with Gasteiger partial charge in [-0.1, -0.05) is 30.7 Å². The van der Waals surface area contributed by atoms with Crippen LogP contribution in [0.5, 0.6) is 0 Å². The number of hydrogen-bond acceptors (Lipinski definition) is 3. The second-order valence-electron chi connectivity index (χ2n) is 6.56. The second kappa shape index (κ2) is 9.98. The standard InChI is InChI=1S/C21H23ClF3NO3/c1-3-13(12-19(27)28)14-5-10-17(20(29-4-2)21(23,24)25)18(11-14)26-16-8-6-15(22)7-9-16/h5-11,13,20,26H,3-4,12H2,1-2H3,(H,27,28)/t13?,20-/m0/s1. The first-order valence-corrected chi connectivity index (χ1v) is 9.60. The minimum absolute atomic E-state index is 0.0665. The number of hydrogen-bond donors (Lipinski definition) is 2. The molecule has 2 rings (SSSR count). The fourth-order valence-electron chi connectivity index (χ4n) is 3.09. The minimum Gasteiger partial charge on any atom is -0.481 e. The molecule has 0 radical (unpaired) electrons. The molecule has 158 valence electrons. The zero-order valence-electron chi connectivity index (χ0n) is 16.1. The van der Waals surface area contributed by atoms with Crippen molar-refractivity contribution in [2.75, 3.05) is 11.9 Å². The van der Waals surface area contributed by atoms with Crippen molar-refractivity contribution in [1.29, 1.82) is 0 Å².